The first-order chi connectivity index (χ1) is 12.6. The Morgan fingerprint density at radius 2 is 1.27 bits per heavy atom. The first kappa shape index (κ1) is 19.7. The topological polar surface area (TPSA) is 49.9 Å². The average molecular weight is 354 g/mol. The summed E-state index contributed by atoms with van der Waals surface area (Å²) < 4.78 is 5.39. The van der Waals surface area contributed by atoms with Gasteiger partial charge in [-0.1, -0.05) is 36.4 Å². The van der Waals surface area contributed by atoms with Crippen LogP contribution in [0, 0.1) is 5.92 Å². The molecule has 26 heavy (non-hydrogen) atoms. The number of anilines is 2. The molecular weight excluding hydrogens is 328 g/mol. The fourth-order valence-electron chi connectivity index (χ4n) is 2.72. The molecular formula is C21H26N2O3. The summed E-state index contributed by atoms with van der Waals surface area (Å²) in [6.07, 6.45) is 0.347. The van der Waals surface area contributed by atoms with Crippen LogP contribution in [0.1, 0.15) is 13.3 Å². The summed E-state index contributed by atoms with van der Waals surface area (Å²) in [6, 6.07) is 18.7. The number of carbonyl (C=O) groups is 2. The highest BCUT2D eigenvalue weighted by atomic mass is 16.5. The molecule has 0 spiro atoms. The first-order valence-corrected chi connectivity index (χ1v) is 8.79. The Hall–Kier alpha value is -2.66. The van der Waals surface area contributed by atoms with E-state index in [-0.39, 0.29) is 11.8 Å². The predicted molar refractivity (Wildman–Crippen MR) is 104 cm³/mol. The van der Waals surface area contributed by atoms with E-state index in [1.54, 1.807) is 14.1 Å². The van der Waals surface area contributed by atoms with Gasteiger partial charge in [0, 0.05) is 38.7 Å². The van der Waals surface area contributed by atoms with Gasteiger partial charge < -0.3 is 14.5 Å². The normalized spacial score (nSPS) is 10.6. The number of nitrogens with zero attached hydrogens (tertiary/aromatic N) is 2. The van der Waals surface area contributed by atoms with Crippen molar-refractivity contribution in [3.05, 3.63) is 60.7 Å². The lowest BCUT2D eigenvalue weighted by Gasteiger charge is -2.27. The molecule has 0 atom stereocenters. The Bertz CT molecular complexity index is 646. The first-order valence-electron chi connectivity index (χ1n) is 8.79. The largest absolute Gasteiger partial charge is 0.382 e. The number of para-hydroxylation sites is 2. The lowest BCUT2D eigenvalue weighted by molar-refractivity contribution is -0.132. The summed E-state index contributed by atoms with van der Waals surface area (Å²) in [6.45, 7) is 2.81. The molecule has 5 nitrogen and oxygen atoms in total. The van der Waals surface area contributed by atoms with Crippen LogP contribution in [0.25, 0.3) is 0 Å². The van der Waals surface area contributed by atoms with Gasteiger partial charge in [0.05, 0.1) is 0 Å². The second-order valence-corrected chi connectivity index (χ2v) is 6.00. The van der Waals surface area contributed by atoms with Crippen molar-refractivity contribution in [3.8, 4) is 0 Å². The minimum absolute atomic E-state index is 0.233. The number of hydrogen-bond acceptors (Lipinski definition) is 3. The van der Waals surface area contributed by atoms with Crippen LogP contribution in [-0.4, -0.2) is 39.1 Å². The van der Waals surface area contributed by atoms with Crippen molar-refractivity contribution in [1.82, 2.24) is 0 Å². The Balaban J connectivity index is 2.21. The molecule has 0 aliphatic rings. The molecule has 0 aliphatic carbocycles. The van der Waals surface area contributed by atoms with Gasteiger partial charge in [-0.15, -0.1) is 0 Å². The number of hydrogen-bond donors (Lipinski definition) is 0. The second-order valence-electron chi connectivity index (χ2n) is 6.00. The molecule has 2 rings (SSSR count). The molecule has 2 aromatic carbocycles. The molecule has 0 saturated carbocycles. The molecule has 0 radical (unpaired) electrons. The van der Waals surface area contributed by atoms with Gasteiger partial charge in [-0.2, -0.15) is 0 Å². The van der Waals surface area contributed by atoms with E-state index in [0.29, 0.717) is 19.6 Å². The number of carbonyl (C=O) groups excluding carboxylic acids is 2. The number of ether oxygens (including phenoxy) is 1. The summed E-state index contributed by atoms with van der Waals surface area (Å²) >= 11 is 0. The van der Waals surface area contributed by atoms with Gasteiger partial charge in [0.2, 0.25) is 11.8 Å². The SMILES string of the molecule is CCOCCC(C(=O)N(C)c1ccccc1)C(=O)N(C)c1ccccc1. The van der Waals surface area contributed by atoms with Gasteiger partial charge in [0.15, 0.2) is 0 Å². The third-order valence-electron chi connectivity index (χ3n) is 4.30. The van der Waals surface area contributed by atoms with Crippen molar-refractivity contribution in [2.24, 2.45) is 5.92 Å². The smallest absolute Gasteiger partial charge is 0.239 e. The van der Waals surface area contributed by atoms with Gasteiger partial charge in [-0.3, -0.25) is 9.59 Å². The lowest BCUT2D eigenvalue weighted by atomic mass is 10.0. The van der Waals surface area contributed by atoms with Crippen LogP contribution in [0.2, 0.25) is 0 Å². The maximum atomic E-state index is 13.0. The van der Waals surface area contributed by atoms with Crippen LogP contribution in [0.4, 0.5) is 11.4 Å². The summed E-state index contributed by atoms with van der Waals surface area (Å²) in [4.78, 5) is 29.1. The van der Waals surface area contributed by atoms with Crippen LogP contribution in [0.15, 0.2) is 60.7 Å². The van der Waals surface area contributed by atoms with E-state index < -0.39 is 5.92 Å². The monoisotopic (exact) mass is 354 g/mol. The van der Waals surface area contributed by atoms with E-state index in [4.69, 9.17) is 4.74 Å². The summed E-state index contributed by atoms with van der Waals surface area (Å²) in [5.41, 5.74) is 1.52. The van der Waals surface area contributed by atoms with Crippen molar-refractivity contribution >= 4 is 23.2 Å². The zero-order chi connectivity index (χ0) is 18.9. The Kier molecular flexibility index (Phi) is 7.36. The van der Waals surface area contributed by atoms with Gasteiger partial charge in [0.1, 0.15) is 5.92 Å². The molecule has 0 aliphatic heterocycles. The van der Waals surface area contributed by atoms with Gasteiger partial charge in [-0.25, -0.2) is 0 Å². The average Bonchev–Trinajstić information content (AvgIpc) is 2.70. The van der Waals surface area contributed by atoms with Crippen LogP contribution in [0.3, 0.4) is 0 Å². The molecule has 0 aromatic heterocycles. The van der Waals surface area contributed by atoms with Crippen LogP contribution in [-0.2, 0) is 14.3 Å². The highest BCUT2D eigenvalue weighted by Gasteiger charge is 2.32. The van der Waals surface area contributed by atoms with Crippen molar-refractivity contribution in [3.63, 3.8) is 0 Å². The standard InChI is InChI=1S/C21H26N2O3/c1-4-26-16-15-19(20(24)22(2)17-11-7-5-8-12-17)21(25)23(3)18-13-9-6-10-14-18/h5-14,19H,4,15-16H2,1-3H3. The zero-order valence-corrected chi connectivity index (χ0v) is 15.6. The van der Waals surface area contributed by atoms with Crippen molar-refractivity contribution < 1.29 is 14.3 Å². The second kappa shape index (κ2) is 9.73. The Labute approximate surface area is 155 Å². The molecule has 0 fully saturated rings. The molecule has 0 saturated heterocycles. The molecule has 0 N–H and O–H groups in total. The molecule has 138 valence electrons. The number of rotatable bonds is 8. The molecule has 0 bridgehead atoms. The van der Waals surface area contributed by atoms with E-state index in [1.165, 1.54) is 9.80 Å². The molecule has 2 amide bonds. The third kappa shape index (κ3) is 4.92. The van der Waals surface area contributed by atoms with Crippen molar-refractivity contribution in [2.75, 3.05) is 37.1 Å². The highest BCUT2D eigenvalue weighted by molar-refractivity contribution is 6.12. The minimum atomic E-state index is -0.794. The van der Waals surface area contributed by atoms with Gasteiger partial charge in [-0.05, 0) is 37.6 Å². The lowest BCUT2D eigenvalue weighted by Crippen LogP contribution is -2.43. The third-order valence-corrected chi connectivity index (χ3v) is 4.30. The number of benzene rings is 2. The zero-order valence-electron chi connectivity index (χ0n) is 15.6. The summed E-state index contributed by atoms with van der Waals surface area (Å²) in [5, 5.41) is 0. The van der Waals surface area contributed by atoms with E-state index >= 15 is 0 Å². The van der Waals surface area contributed by atoms with Crippen LogP contribution < -0.4 is 9.80 Å². The van der Waals surface area contributed by atoms with E-state index in [9.17, 15) is 9.59 Å². The van der Waals surface area contributed by atoms with E-state index in [1.807, 2.05) is 67.6 Å². The van der Waals surface area contributed by atoms with Gasteiger partial charge >= 0.3 is 0 Å². The van der Waals surface area contributed by atoms with E-state index in [2.05, 4.69) is 0 Å². The van der Waals surface area contributed by atoms with E-state index in [0.717, 1.165) is 11.4 Å². The minimum Gasteiger partial charge on any atom is -0.382 e. The number of amides is 2. The summed E-state index contributed by atoms with van der Waals surface area (Å²) in [7, 11) is 3.39. The summed E-state index contributed by atoms with van der Waals surface area (Å²) in [5.74, 6) is -1.26. The highest BCUT2D eigenvalue weighted by Crippen LogP contribution is 2.21. The fourth-order valence-corrected chi connectivity index (χ4v) is 2.72. The maximum Gasteiger partial charge on any atom is 0.239 e. The fraction of sp³-hybridized carbons (Fsp3) is 0.333. The molecule has 2 aromatic rings. The Morgan fingerprint density at radius 3 is 1.65 bits per heavy atom. The quantitative estimate of drug-likeness (QED) is 0.539. The molecule has 5 heteroatoms. The molecule has 0 unspecified atom stereocenters. The van der Waals surface area contributed by atoms with Crippen LogP contribution in [0.5, 0.6) is 0 Å². The van der Waals surface area contributed by atoms with Crippen molar-refractivity contribution in [2.45, 2.75) is 13.3 Å². The molecule has 0 heterocycles. The van der Waals surface area contributed by atoms with Gasteiger partial charge in [0.25, 0.3) is 0 Å². The van der Waals surface area contributed by atoms with Crippen molar-refractivity contribution in [1.29, 1.82) is 0 Å². The van der Waals surface area contributed by atoms with Crippen LogP contribution >= 0.6 is 0 Å². The predicted octanol–water partition coefficient (Wildman–Crippen LogP) is 3.36. The Morgan fingerprint density at radius 1 is 0.846 bits per heavy atom. The maximum absolute atomic E-state index is 13.0.